The van der Waals surface area contributed by atoms with Crippen LogP contribution in [-0.4, -0.2) is 38.3 Å². The van der Waals surface area contributed by atoms with E-state index in [0.717, 1.165) is 6.42 Å². The zero-order valence-electron chi connectivity index (χ0n) is 11.6. The van der Waals surface area contributed by atoms with Gasteiger partial charge in [-0.25, -0.2) is 4.39 Å². The van der Waals surface area contributed by atoms with Crippen LogP contribution in [0.4, 0.5) is 15.8 Å². The first-order valence-corrected chi connectivity index (χ1v) is 6.81. The number of hydrogen-bond acceptors (Lipinski definition) is 4. The van der Waals surface area contributed by atoms with Gasteiger partial charge in [-0.3, -0.25) is 4.79 Å². The molecule has 0 bridgehead atoms. The van der Waals surface area contributed by atoms with Gasteiger partial charge in [-0.05, 0) is 18.6 Å². The van der Waals surface area contributed by atoms with Crippen molar-refractivity contribution in [1.29, 1.82) is 0 Å². The molecule has 1 amide bonds. The van der Waals surface area contributed by atoms with Crippen LogP contribution in [0.2, 0.25) is 0 Å². The highest BCUT2D eigenvalue weighted by Gasteiger charge is 2.30. The van der Waals surface area contributed by atoms with Crippen LogP contribution in [0.25, 0.3) is 0 Å². The Bertz CT molecular complexity index is 481. The second kappa shape index (κ2) is 6.56. The van der Waals surface area contributed by atoms with Gasteiger partial charge < -0.3 is 20.7 Å². The second-order valence-corrected chi connectivity index (χ2v) is 4.75. The highest BCUT2D eigenvalue weighted by molar-refractivity contribution is 5.87. The van der Waals surface area contributed by atoms with Crippen LogP contribution in [0.1, 0.15) is 13.3 Å². The average molecular weight is 281 g/mol. The van der Waals surface area contributed by atoms with Crippen LogP contribution in [-0.2, 0) is 9.53 Å². The van der Waals surface area contributed by atoms with Crippen LogP contribution >= 0.6 is 0 Å². The maximum atomic E-state index is 13.6. The van der Waals surface area contributed by atoms with E-state index in [1.807, 2.05) is 11.8 Å². The molecular formula is C14H20FN3O2. The predicted molar refractivity (Wildman–Crippen MR) is 76.1 cm³/mol. The monoisotopic (exact) mass is 281 g/mol. The smallest absolute Gasteiger partial charge is 0.245 e. The van der Waals surface area contributed by atoms with Crippen molar-refractivity contribution >= 4 is 17.3 Å². The van der Waals surface area contributed by atoms with E-state index in [9.17, 15) is 9.18 Å². The molecule has 110 valence electrons. The third-order valence-corrected chi connectivity index (χ3v) is 3.32. The van der Waals surface area contributed by atoms with Crippen LogP contribution in [0, 0.1) is 5.82 Å². The zero-order chi connectivity index (χ0) is 14.5. The molecular weight excluding hydrogens is 261 g/mol. The molecule has 1 atom stereocenters. The number of ether oxygens (including phenoxy) is 1. The van der Waals surface area contributed by atoms with Gasteiger partial charge in [-0.2, -0.15) is 0 Å². The van der Waals surface area contributed by atoms with Gasteiger partial charge >= 0.3 is 0 Å². The minimum atomic E-state index is -0.473. The van der Waals surface area contributed by atoms with E-state index in [2.05, 4.69) is 5.32 Å². The Kier molecular flexibility index (Phi) is 4.79. The third kappa shape index (κ3) is 3.01. The molecule has 1 heterocycles. The van der Waals surface area contributed by atoms with Gasteiger partial charge in [0.25, 0.3) is 0 Å². The van der Waals surface area contributed by atoms with E-state index in [1.165, 1.54) is 6.07 Å². The molecule has 1 aromatic rings. The van der Waals surface area contributed by atoms with Gasteiger partial charge in [0.15, 0.2) is 0 Å². The molecule has 0 radical (unpaired) electrons. The highest BCUT2D eigenvalue weighted by atomic mass is 19.1. The van der Waals surface area contributed by atoms with Gasteiger partial charge in [0.2, 0.25) is 5.91 Å². The largest absolute Gasteiger partial charge is 0.395 e. The topological polar surface area (TPSA) is 67.6 Å². The van der Waals surface area contributed by atoms with Crippen molar-refractivity contribution in [3.05, 3.63) is 24.0 Å². The van der Waals surface area contributed by atoms with Gasteiger partial charge in [0.05, 0.1) is 24.6 Å². The number of anilines is 2. The summed E-state index contributed by atoms with van der Waals surface area (Å²) < 4.78 is 18.9. The molecule has 20 heavy (non-hydrogen) atoms. The van der Waals surface area contributed by atoms with Gasteiger partial charge in [-0.1, -0.05) is 13.0 Å². The standard InChI is InChI=1S/C14H20FN3O2/c1-2-6-17-14(19)12-9-20-8-7-18(12)11-5-3-4-10(15)13(11)16/h3-5,12H,2,6-9,16H2,1H3,(H,17,19). The van der Waals surface area contributed by atoms with Crippen LogP contribution < -0.4 is 16.0 Å². The summed E-state index contributed by atoms with van der Waals surface area (Å²) in [7, 11) is 0. The number of halogens is 1. The summed E-state index contributed by atoms with van der Waals surface area (Å²) in [6.45, 7) is 3.89. The van der Waals surface area contributed by atoms with Crippen molar-refractivity contribution in [2.45, 2.75) is 19.4 Å². The summed E-state index contributed by atoms with van der Waals surface area (Å²) in [4.78, 5) is 14.0. The molecule has 0 saturated carbocycles. The maximum Gasteiger partial charge on any atom is 0.245 e. The normalized spacial score (nSPS) is 18.9. The first-order chi connectivity index (χ1) is 9.65. The molecule has 1 saturated heterocycles. The molecule has 1 fully saturated rings. The number of rotatable bonds is 4. The Labute approximate surface area is 117 Å². The first kappa shape index (κ1) is 14.6. The van der Waals surface area contributed by atoms with Crippen molar-refractivity contribution in [2.75, 3.05) is 36.9 Å². The molecule has 3 N–H and O–H groups in total. The maximum absolute atomic E-state index is 13.6. The van der Waals surface area contributed by atoms with Crippen molar-refractivity contribution in [1.82, 2.24) is 5.32 Å². The summed E-state index contributed by atoms with van der Waals surface area (Å²) in [5.74, 6) is -0.586. The summed E-state index contributed by atoms with van der Waals surface area (Å²) in [6.07, 6.45) is 0.863. The number of benzene rings is 1. The summed E-state index contributed by atoms with van der Waals surface area (Å²) in [5, 5.41) is 2.84. The molecule has 1 aromatic carbocycles. The van der Waals surface area contributed by atoms with Crippen molar-refractivity contribution in [2.24, 2.45) is 0 Å². The Morgan fingerprint density at radius 1 is 1.60 bits per heavy atom. The van der Waals surface area contributed by atoms with Crippen LogP contribution in [0.15, 0.2) is 18.2 Å². The Balaban J connectivity index is 2.22. The Morgan fingerprint density at radius 2 is 2.40 bits per heavy atom. The van der Waals surface area contributed by atoms with Gasteiger partial charge in [-0.15, -0.1) is 0 Å². The minimum Gasteiger partial charge on any atom is -0.395 e. The lowest BCUT2D eigenvalue weighted by Gasteiger charge is -2.36. The molecule has 0 aliphatic carbocycles. The molecule has 2 rings (SSSR count). The number of morpholine rings is 1. The first-order valence-electron chi connectivity index (χ1n) is 6.81. The van der Waals surface area contributed by atoms with E-state index >= 15 is 0 Å². The predicted octanol–water partition coefficient (Wildman–Crippen LogP) is 1.14. The lowest BCUT2D eigenvalue weighted by Crippen LogP contribution is -2.54. The zero-order valence-corrected chi connectivity index (χ0v) is 11.6. The Morgan fingerprint density at radius 3 is 3.15 bits per heavy atom. The van der Waals surface area contributed by atoms with E-state index < -0.39 is 11.9 Å². The number of nitrogen functional groups attached to an aromatic ring is 1. The number of carbonyl (C=O) groups is 1. The SMILES string of the molecule is CCCNC(=O)C1COCCN1c1cccc(F)c1N. The number of carbonyl (C=O) groups excluding carboxylic acids is 1. The third-order valence-electron chi connectivity index (χ3n) is 3.32. The summed E-state index contributed by atoms with van der Waals surface area (Å²) in [5.41, 5.74) is 6.40. The number of para-hydroxylation sites is 1. The molecule has 0 spiro atoms. The minimum absolute atomic E-state index is 0.0719. The van der Waals surface area contributed by atoms with Crippen LogP contribution in [0.5, 0.6) is 0 Å². The molecule has 5 nitrogen and oxygen atoms in total. The van der Waals surface area contributed by atoms with Crippen LogP contribution in [0.3, 0.4) is 0 Å². The van der Waals surface area contributed by atoms with Crippen molar-refractivity contribution in [3.63, 3.8) is 0 Å². The summed E-state index contributed by atoms with van der Waals surface area (Å²) in [6, 6.07) is 4.16. The number of hydrogen-bond donors (Lipinski definition) is 2. The number of nitrogens with zero attached hydrogens (tertiary/aromatic N) is 1. The van der Waals surface area contributed by atoms with Crippen molar-refractivity contribution < 1.29 is 13.9 Å². The number of amides is 1. The van der Waals surface area contributed by atoms with E-state index in [1.54, 1.807) is 12.1 Å². The molecule has 1 aliphatic heterocycles. The van der Waals surface area contributed by atoms with Gasteiger partial charge in [0.1, 0.15) is 11.9 Å². The quantitative estimate of drug-likeness (QED) is 0.812. The fourth-order valence-electron chi connectivity index (χ4n) is 2.25. The van der Waals surface area contributed by atoms with E-state index in [0.29, 0.717) is 25.4 Å². The second-order valence-electron chi connectivity index (χ2n) is 4.75. The van der Waals surface area contributed by atoms with E-state index in [4.69, 9.17) is 10.5 Å². The van der Waals surface area contributed by atoms with Crippen molar-refractivity contribution in [3.8, 4) is 0 Å². The number of nitrogens with one attached hydrogen (secondary N) is 1. The Hall–Kier alpha value is -1.82. The lowest BCUT2D eigenvalue weighted by molar-refractivity contribution is -0.124. The number of nitrogens with two attached hydrogens (primary N) is 1. The summed E-state index contributed by atoms with van der Waals surface area (Å²) >= 11 is 0. The van der Waals surface area contributed by atoms with Gasteiger partial charge in [0, 0.05) is 13.1 Å². The molecule has 6 heteroatoms. The average Bonchev–Trinajstić information content (AvgIpc) is 2.47. The fraction of sp³-hybridized carbons (Fsp3) is 0.500. The molecule has 1 unspecified atom stereocenters. The fourth-order valence-corrected chi connectivity index (χ4v) is 2.25. The van der Waals surface area contributed by atoms with E-state index in [-0.39, 0.29) is 18.2 Å². The molecule has 1 aliphatic rings. The highest BCUT2D eigenvalue weighted by Crippen LogP contribution is 2.28. The molecule has 0 aromatic heterocycles. The lowest BCUT2D eigenvalue weighted by atomic mass is 10.1.